The van der Waals surface area contributed by atoms with E-state index in [2.05, 4.69) is 0 Å². The summed E-state index contributed by atoms with van der Waals surface area (Å²) in [7, 11) is 1.54. The van der Waals surface area contributed by atoms with Gasteiger partial charge in [-0.15, -0.1) is 0 Å². The lowest BCUT2D eigenvalue weighted by atomic mass is 10.3. The maximum atomic E-state index is 10.0. The number of carbonyl (C=O) groups is 1. The fourth-order valence-electron chi connectivity index (χ4n) is 0.541. The third kappa shape index (κ3) is 7.29. The van der Waals surface area contributed by atoms with Gasteiger partial charge in [0.1, 0.15) is 0 Å². The van der Waals surface area contributed by atoms with Crippen molar-refractivity contribution in [2.45, 2.75) is 26.1 Å². The molecule has 11 heavy (non-hydrogen) atoms. The molecule has 0 aromatic heterocycles. The summed E-state index contributed by atoms with van der Waals surface area (Å²) in [6.07, 6.45) is 0.434. The molecule has 66 valence electrons. The molecule has 0 spiro atoms. The number of carboxylic acid groups (broad SMARTS) is 1. The van der Waals surface area contributed by atoms with Crippen molar-refractivity contribution in [3.05, 3.63) is 0 Å². The van der Waals surface area contributed by atoms with E-state index in [1.807, 2.05) is 0 Å². The fourth-order valence-corrected chi connectivity index (χ4v) is 0.541. The van der Waals surface area contributed by atoms with E-state index >= 15 is 0 Å². The van der Waals surface area contributed by atoms with Crippen LogP contribution < -0.4 is 0 Å². The van der Waals surface area contributed by atoms with Crippen molar-refractivity contribution >= 4 is 5.97 Å². The fraction of sp³-hybridized carbons (Fsp3) is 0.857. The zero-order valence-corrected chi connectivity index (χ0v) is 6.87. The van der Waals surface area contributed by atoms with Gasteiger partial charge in [-0.05, 0) is 13.3 Å². The standard InChI is InChI=1S/C7H14O4/c1-6(10-2)11-5-3-4-7(8)9/h6H,3-5H2,1-2H3,(H,8,9). The highest BCUT2D eigenvalue weighted by molar-refractivity contribution is 5.66. The van der Waals surface area contributed by atoms with Crippen LogP contribution in [0.4, 0.5) is 0 Å². The molecule has 0 saturated carbocycles. The number of hydrogen-bond donors (Lipinski definition) is 1. The van der Waals surface area contributed by atoms with E-state index in [9.17, 15) is 4.79 Å². The second-order valence-electron chi connectivity index (χ2n) is 2.17. The first-order valence-corrected chi connectivity index (χ1v) is 3.53. The van der Waals surface area contributed by atoms with Crippen molar-refractivity contribution < 1.29 is 19.4 Å². The lowest BCUT2D eigenvalue weighted by Gasteiger charge is -2.09. The van der Waals surface area contributed by atoms with E-state index in [1.54, 1.807) is 14.0 Å². The smallest absolute Gasteiger partial charge is 0.303 e. The highest BCUT2D eigenvalue weighted by Gasteiger charge is 1.99. The van der Waals surface area contributed by atoms with Crippen LogP contribution in [-0.2, 0) is 14.3 Å². The van der Waals surface area contributed by atoms with Gasteiger partial charge in [0.25, 0.3) is 0 Å². The quantitative estimate of drug-likeness (QED) is 0.465. The van der Waals surface area contributed by atoms with E-state index in [0.29, 0.717) is 13.0 Å². The molecule has 0 bridgehead atoms. The average Bonchev–Trinajstić information content (AvgIpc) is 1.97. The molecule has 1 N–H and O–H groups in total. The van der Waals surface area contributed by atoms with Crippen LogP contribution in [0.25, 0.3) is 0 Å². The summed E-state index contributed by atoms with van der Waals surface area (Å²) in [4.78, 5) is 10.0. The topological polar surface area (TPSA) is 55.8 Å². The van der Waals surface area contributed by atoms with Gasteiger partial charge in [0.15, 0.2) is 6.29 Å². The number of hydrogen-bond acceptors (Lipinski definition) is 3. The number of carboxylic acids is 1. The lowest BCUT2D eigenvalue weighted by Crippen LogP contribution is -2.11. The van der Waals surface area contributed by atoms with Gasteiger partial charge in [-0.1, -0.05) is 0 Å². The van der Waals surface area contributed by atoms with Gasteiger partial charge < -0.3 is 14.6 Å². The molecule has 0 saturated heterocycles. The van der Waals surface area contributed by atoms with Crippen LogP contribution in [0.3, 0.4) is 0 Å². The monoisotopic (exact) mass is 162 g/mol. The highest BCUT2D eigenvalue weighted by atomic mass is 16.7. The van der Waals surface area contributed by atoms with Crippen LogP contribution in [0.5, 0.6) is 0 Å². The van der Waals surface area contributed by atoms with Crippen LogP contribution in [-0.4, -0.2) is 31.1 Å². The van der Waals surface area contributed by atoms with Crippen molar-refractivity contribution in [3.8, 4) is 0 Å². The van der Waals surface area contributed by atoms with Crippen LogP contribution in [0.1, 0.15) is 19.8 Å². The van der Waals surface area contributed by atoms with E-state index in [0.717, 1.165) is 0 Å². The summed E-state index contributed by atoms with van der Waals surface area (Å²) >= 11 is 0. The first-order chi connectivity index (χ1) is 5.16. The molecule has 0 fully saturated rings. The van der Waals surface area contributed by atoms with Crippen molar-refractivity contribution in [2.75, 3.05) is 13.7 Å². The summed E-state index contributed by atoms with van der Waals surface area (Å²) < 4.78 is 9.84. The Morgan fingerprint density at radius 3 is 2.73 bits per heavy atom. The normalized spacial score (nSPS) is 12.9. The minimum Gasteiger partial charge on any atom is -0.481 e. The van der Waals surface area contributed by atoms with Gasteiger partial charge in [0, 0.05) is 13.5 Å². The van der Waals surface area contributed by atoms with Crippen LogP contribution >= 0.6 is 0 Å². The van der Waals surface area contributed by atoms with Crippen molar-refractivity contribution in [3.63, 3.8) is 0 Å². The molecule has 1 atom stereocenters. The number of aliphatic carboxylic acids is 1. The van der Waals surface area contributed by atoms with Gasteiger partial charge in [-0.25, -0.2) is 0 Å². The Hall–Kier alpha value is -0.610. The van der Waals surface area contributed by atoms with Gasteiger partial charge in [-0.3, -0.25) is 4.79 Å². The van der Waals surface area contributed by atoms with Crippen LogP contribution in [0.15, 0.2) is 0 Å². The number of methoxy groups -OCH3 is 1. The molecular weight excluding hydrogens is 148 g/mol. The summed E-state index contributed by atoms with van der Waals surface area (Å²) in [5, 5.41) is 8.25. The first kappa shape index (κ1) is 10.4. The third-order valence-electron chi connectivity index (χ3n) is 1.22. The summed E-state index contributed by atoms with van der Waals surface area (Å²) in [6.45, 7) is 2.20. The molecule has 4 heteroatoms. The largest absolute Gasteiger partial charge is 0.481 e. The molecule has 0 rings (SSSR count). The maximum absolute atomic E-state index is 10.0. The van der Waals surface area contributed by atoms with E-state index in [4.69, 9.17) is 14.6 Å². The van der Waals surface area contributed by atoms with Crippen molar-refractivity contribution in [1.29, 1.82) is 0 Å². The predicted molar refractivity (Wildman–Crippen MR) is 39.3 cm³/mol. The van der Waals surface area contributed by atoms with E-state index in [-0.39, 0.29) is 12.7 Å². The van der Waals surface area contributed by atoms with Gasteiger partial charge in [0.05, 0.1) is 6.61 Å². The Kier molecular flexibility index (Phi) is 5.78. The minimum atomic E-state index is -0.793. The Balaban J connectivity index is 3.08. The molecule has 0 radical (unpaired) electrons. The second kappa shape index (κ2) is 6.12. The Bertz CT molecular complexity index is 113. The van der Waals surface area contributed by atoms with E-state index in [1.165, 1.54) is 0 Å². The summed E-state index contributed by atoms with van der Waals surface area (Å²) in [5.41, 5.74) is 0. The van der Waals surface area contributed by atoms with Gasteiger partial charge in [0.2, 0.25) is 0 Å². The Morgan fingerprint density at radius 1 is 1.64 bits per heavy atom. The molecule has 0 amide bonds. The van der Waals surface area contributed by atoms with Gasteiger partial charge >= 0.3 is 5.97 Å². The Morgan fingerprint density at radius 2 is 2.27 bits per heavy atom. The first-order valence-electron chi connectivity index (χ1n) is 3.53. The summed E-state index contributed by atoms with van der Waals surface area (Å²) in [5.74, 6) is -0.793. The molecule has 0 aromatic carbocycles. The minimum absolute atomic E-state index is 0.149. The zero-order valence-electron chi connectivity index (χ0n) is 6.87. The predicted octanol–water partition coefficient (Wildman–Crippen LogP) is 0.860. The Labute approximate surface area is 66.1 Å². The number of rotatable bonds is 6. The molecule has 0 aromatic rings. The molecule has 0 aliphatic rings. The maximum Gasteiger partial charge on any atom is 0.303 e. The van der Waals surface area contributed by atoms with Crippen molar-refractivity contribution in [1.82, 2.24) is 0 Å². The third-order valence-corrected chi connectivity index (χ3v) is 1.22. The molecule has 0 aliphatic heterocycles. The molecular formula is C7H14O4. The molecule has 0 heterocycles. The zero-order chi connectivity index (χ0) is 8.69. The number of ether oxygens (including phenoxy) is 2. The van der Waals surface area contributed by atoms with Gasteiger partial charge in [-0.2, -0.15) is 0 Å². The van der Waals surface area contributed by atoms with E-state index < -0.39 is 5.97 Å². The SMILES string of the molecule is COC(C)OCCCC(=O)O. The summed E-state index contributed by atoms with van der Waals surface area (Å²) in [6, 6.07) is 0. The van der Waals surface area contributed by atoms with Crippen LogP contribution in [0, 0.1) is 0 Å². The molecule has 4 nitrogen and oxygen atoms in total. The molecule has 0 aliphatic carbocycles. The lowest BCUT2D eigenvalue weighted by molar-refractivity contribution is -0.139. The average molecular weight is 162 g/mol. The molecule has 1 unspecified atom stereocenters. The van der Waals surface area contributed by atoms with Crippen LogP contribution in [0.2, 0.25) is 0 Å². The second-order valence-corrected chi connectivity index (χ2v) is 2.17. The highest BCUT2D eigenvalue weighted by Crippen LogP contribution is 1.95. The van der Waals surface area contributed by atoms with Crippen molar-refractivity contribution in [2.24, 2.45) is 0 Å².